The summed E-state index contributed by atoms with van der Waals surface area (Å²) in [7, 11) is 0. The molecule has 2 saturated heterocycles. The molecule has 0 unspecified atom stereocenters. The Labute approximate surface area is 153 Å². The minimum Gasteiger partial charge on any atom is -0.466 e. The lowest BCUT2D eigenvalue weighted by atomic mass is 10.0. The van der Waals surface area contributed by atoms with Crippen molar-refractivity contribution in [3.8, 4) is 0 Å². The van der Waals surface area contributed by atoms with E-state index in [1.54, 1.807) is 6.92 Å². The number of carbonyl (C=O) groups is 1. The predicted molar refractivity (Wildman–Crippen MR) is 92.9 cm³/mol. The molecule has 2 heterocycles. The minimum absolute atomic E-state index is 0.0482. The first kappa shape index (κ1) is 19.3. The van der Waals surface area contributed by atoms with E-state index in [2.05, 4.69) is 0 Å². The number of fused-ring (bicyclic) bond motifs is 1. The summed E-state index contributed by atoms with van der Waals surface area (Å²) in [6.07, 6.45) is -1.87. The second kappa shape index (κ2) is 8.02. The highest BCUT2D eigenvalue weighted by atomic mass is 16.8. The molecule has 2 aliphatic heterocycles. The van der Waals surface area contributed by atoms with Gasteiger partial charge in [0.05, 0.1) is 19.6 Å². The molecule has 0 bridgehead atoms. The molecular weight excluding hydrogens is 338 g/mol. The van der Waals surface area contributed by atoms with Crippen LogP contribution >= 0.6 is 0 Å². The SMILES string of the molecule is CCOC(=O)C[C@H](N)[C@H]1O[C@@H]2OC(C)(C)O[C@@H]2[C@H]1OCc1ccccc1. The number of hydrogen-bond acceptors (Lipinski definition) is 7. The summed E-state index contributed by atoms with van der Waals surface area (Å²) in [4.78, 5) is 11.8. The highest BCUT2D eigenvalue weighted by Gasteiger charge is 2.56. The van der Waals surface area contributed by atoms with Gasteiger partial charge in [-0.3, -0.25) is 4.79 Å². The Morgan fingerprint density at radius 3 is 2.69 bits per heavy atom. The summed E-state index contributed by atoms with van der Waals surface area (Å²) in [6.45, 7) is 6.13. The zero-order valence-corrected chi connectivity index (χ0v) is 15.4. The van der Waals surface area contributed by atoms with E-state index in [4.69, 9.17) is 29.4 Å². The molecule has 2 N–H and O–H groups in total. The second-order valence-corrected chi connectivity index (χ2v) is 7.00. The Bertz CT molecular complexity index is 607. The van der Waals surface area contributed by atoms with E-state index in [9.17, 15) is 4.79 Å². The van der Waals surface area contributed by atoms with Crippen molar-refractivity contribution in [3.05, 3.63) is 35.9 Å². The maximum Gasteiger partial charge on any atom is 0.307 e. The molecule has 26 heavy (non-hydrogen) atoms. The van der Waals surface area contributed by atoms with Crippen LogP contribution in [0.15, 0.2) is 30.3 Å². The van der Waals surface area contributed by atoms with E-state index < -0.39 is 36.4 Å². The Hall–Kier alpha value is -1.51. The van der Waals surface area contributed by atoms with E-state index in [0.29, 0.717) is 13.2 Å². The standard InChI is InChI=1S/C19H27NO6/c1-4-22-14(21)10-13(20)15-16(23-11-12-8-6-5-7-9-12)17-18(24-15)26-19(2,3)25-17/h5-9,13,15-18H,4,10-11,20H2,1-3H3/t13-,15+,16-,17+,18+/m0/s1. The number of benzene rings is 1. The molecule has 1 aromatic rings. The van der Waals surface area contributed by atoms with Crippen LogP contribution in [0.4, 0.5) is 0 Å². The highest BCUT2D eigenvalue weighted by molar-refractivity contribution is 5.70. The number of rotatable bonds is 7. The van der Waals surface area contributed by atoms with Gasteiger partial charge in [-0.05, 0) is 26.3 Å². The Morgan fingerprint density at radius 2 is 2.00 bits per heavy atom. The molecule has 144 valence electrons. The monoisotopic (exact) mass is 365 g/mol. The van der Waals surface area contributed by atoms with Gasteiger partial charge in [0.2, 0.25) is 0 Å². The molecule has 0 aromatic heterocycles. The fourth-order valence-corrected chi connectivity index (χ4v) is 3.33. The smallest absolute Gasteiger partial charge is 0.307 e. The van der Waals surface area contributed by atoms with E-state index >= 15 is 0 Å². The van der Waals surface area contributed by atoms with E-state index in [1.807, 2.05) is 44.2 Å². The van der Waals surface area contributed by atoms with Gasteiger partial charge in [0.1, 0.15) is 18.3 Å². The number of hydrogen-bond donors (Lipinski definition) is 1. The topological polar surface area (TPSA) is 89.2 Å². The molecule has 2 aliphatic rings. The third-order valence-electron chi connectivity index (χ3n) is 4.44. The first-order valence-corrected chi connectivity index (χ1v) is 8.97. The number of nitrogens with two attached hydrogens (primary N) is 1. The van der Waals surface area contributed by atoms with Crippen molar-refractivity contribution in [2.24, 2.45) is 5.73 Å². The summed E-state index contributed by atoms with van der Waals surface area (Å²) < 4.78 is 28.8. The van der Waals surface area contributed by atoms with E-state index in [1.165, 1.54) is 0 Å². The van der Waals surface area contributed by atoms with Crippen LogP contribution in [-0.2, 0) is 35.1 Å². The van der Waals surface area contributed by atoms with Gasteiger partial charge >= 0.3 is 5.97 Å². The van der Waals surface area contributed by atoms with Crippen LogP contribution in [0.25, 0.3) is 0 Å². The van der Waals surface area contributed by atoms with Gasteiger partial charge in [-0.15, -0.1) is 0 Å². The predicted octanol–water partition coefficient (Wildman–Crippen LogP) is 1.73. The Balaban J connectivity index is 1.69. The Kier molecular flexibility index (Phi) is 5.94. The molecule has 0 aliphatic carbocycles. The second-order valence-electron chi connectivity index (χ2n) is 7.00. The fourth-order valence-electron chi connectivity index (χ4n) is 3.33. The van der Waals surface area contributed by atoms with Crippen LogP contribution in [0.3, 0.4) is 0 Å². The molecule has 0 radical (unpaired) electrons. The number of esters is 1. The van der Waals surface area contributed by atoms with Crippen molar-refractivity contribution in [2.45, 2.75) is 70.2 Å². The average molecular weight is 365 g/mol. The zero-order valence-electron chi connectivity index (χ0n) is 15.4. The van der Waals surface area contributed by atoms with Crippen molar-refractivity contribution in [3.63, 3.8) is 0 Å². The van der Waals surface area contributed by atoms with Crippen LogP contribution < -0.4 is 5.73 Å². The molecule has 7 nitrogen and oxygen atoms in total. The van der Waals surface area contributed by atoms with Gasteiger partial charge in [-0.1, -0.05) is 30.3 Å². The minimum atomic E-state index is -0.750. The normalized spacial score (nSPS) is 30.8. The van der Waals surface area contributed by atoms with Crippen LogP contribution in [0.2, 0.25) is 0 Å². The van der Waals surface area contributed by atoms with Crippen LogP contribution in [0.1, 0.15) is 32.8 Å². The summed E-state index contributed by atoms with van der Waals surface area (Å²) >= 11 is 0. The van der Waals surface area contributed by atoms with Crippen molar-refractivity contribution < 1.29 is 28.5 Å². The van der Waals surface area contributed by atoms with Gasteiger partial charge in [0.25, 0.3) is 0 Å². The molecular formula is C19H27NO6. The lowest BCUT2D eigenvalue weighted by Gasteiger charge is -2.29. The Morgan fingerprint density at radius 1 is 1.27 bits per heavy atom. The van der Waals surface area contributed by atoms with Gasteiger partial charge in [-0.25, -0.2) is 0 Å². The summed E-state index contributed by atoms with van der Waals surface area (Å²) in [5.74, 6) is -1.11. The first-order valence-electron chi connectivity index (χ1n) is 8.97. The molecule has 2 fully saturated rings. The highest BCUT2D eigenvalue weighted by Crippen LogP contribution is 2.40. The van der Waals surface area contributed by atoms with Crippen LogP contribution in [0.5, 0.6) is 0 Å². The van der Waals surface area contributed by atoms with Crippen molar-refractivity contribution in [1.29, 1.82) is 0 Å². The molecule has 3 rings (SSSR count). The van der Waals surface area contributed by atoms with Crippen molar-refractivity contribution in [2.75, 3.05) is 6.61 Å². The third kappa shape index (κ3) is 4.42. The lowest BCUT2D eigenvalue weighted by Crippen LogP contribution is -2.47. The van der Waals surface area contributed by atoms with Gasteiger partial charge in [0.15, 0.2) is 12.1 Å². The van der Waals surface area contributed by atoms with Gasteiger partial charge < -0.3 is 29.4 Å². The van der Waals surface area contributed by atoms with Crippen LogP contribution in [-0.4, -0.2) is 49.0 Å². The number of carbonyl (C=O) groups excluding carboxylic acids is 1. The van der Waals surface area contributed by atoms with Crippen LogP contribution in [0, 0.1) is 0 Å². The molecule has 0 saturated carbocycles. The summed E-state index contributed by atoms with van der Waals surface area (Å²) in [5.41, 5.74) is 7.26. The summed E-state index contributed by atoms with van der Waals surface area (Å²) in [5, 5.41) is 0. The molecule has 7 heteroatoms. The number of ether oxygens (including phenoxy) is 5. The maximum atomic E-state index is 11.8. The maximum absolute atomic E-state index is 11.8. The molecule has 1 aromatic carbocycles. The van der Waals surface area contributed by atoms with E-state index in [-0.39, 0.29) is 12.4 Å². The first-order chi connectivity index (χ1) is 12.4. The molecule has 0 amide bonds. The van der Waals surface area contributed by atoms with Crippen molar-refractivity contribution >= 4 is 5.97 Å². The fraction of sp³-hybridized carbons (Fsp3) is 0.632. The van der Waals surface area contributed by atoms with Crippen molar-refractivity contribution in [1.82, 2.24) is 0 Å². The largest absolute Gasteiger partial charge is 0.466 e. The van der Waals surface area contributed by atoms with Gasteiger partial charge in [-0.2, -0.15) is 0 Å². The quantitative estimate of drug-likeness (QED) is 0.736. The molecule has 0 spiro atoms. The summed E-state index contributed by atoms with van der Waals surface area (Å²) in [6, 6.07) is 9.25. The lowest BCUT2D eigenvalue weighted by molar-refractivity contribution is -0.221. The third-order valence-corrected chi connectivity index (χ3v) is 4.44. The van der Waals surface area contributed by atoms with E-state index in [0.717, 1.165) is 5.56 Å². The molecule has 5 atom stereocenters. The van der Waals surface area contributed by atoms with Gasteiger partial charge in [0, 0.05) is 6.04 Å². The zero-order chi connectivity index (χ0) is 18.7. The average Bonchev–Trinajstić information content (AvgIpc) is 3.06.